The maximum Gasteiger partial charge on any atom is 0.193 e. The van der Waals surface area contributed by atoms with Crippen LogP contribution >= 0.6 is 24.0 Å². The van der Waals surface area contributed by atoms with E-state index in [-0.39, 0.29) is 30.6 Å². The molecule has 2 aliphatic heterocycles. The van der Waals surface area contributed by atoms with Gasteiger partial charge in [0.15, 0.2) is 5.96 Å². The van der Waals surface area contributed by atoms with Gasteiger partial charge >= 0.3 is 0 Å². The third kappa shape index (κ3) is 7.59. The SMILES string of the molecule is CCNC(=NCC(CCO)CC(C)C)N1CCC(N2CCCC2)C1.I. The number of aliphatic hydroxyl groups is 1. The van der Waals surface area contributed by atoms with Crippen LogP contribution in [0.4, 0.5) is 0 Å². The fraction of sp³-hybridized carbons (Fsp3) is 0.947. The Morgan fingerprint density at radius 2 is 1.96 bits per heavy atom. The highest BCUT2D eigenvalue weighted by atomic mass is 127. The topological polar surface area (TPSA) is 51.1 Å². The molecular formula is C19H39IN4O. The summed E-state index contributed by atoms with van der Waals surface area (Å²) in [6, 6.07) is 0.709. The fourth-order valence-electron chi connectivity index (χ4n) is 4.11. The van der Waals surface area contributed by atoms with Crippen molar-refractivity contribution in [1.29, 1.82) is 0 Å². The molecule has 0 aromatic heterocycles. The van der Waals surface area contributed by atoms with E-state index in [0.717, 1.165) is 45.0 Å². The molecule has 0 aliphatic carbocycles. The molecule has 2 aliphatic rings. The van der Waals surface area contributed by atoms with Crippen LogP contribution in [0.25, 0.3) is 0 Å². The molecule has 0 radical (unpaired) electrons. The van der Waals surface area contributed by atoms with Crippen LogP contribution in [0.2, 0.25) is 0 Å². The van der Waals surface area contributed by atoms with Crippen LogP contribution in [0, 0.1) is 11.8 Å². The van der Waals surface area contributed by atoms with Crippen molar-refractivity contribution in [3.63, 3.8) is 0 Å². The van der Waals surface area contributed by atoms with Crippen molar-refractivity contribution in [2.75, 3.05) is 45.9 Å². The van der Waals surface area contributed by atoms with Gasteiger partial charge in [0, 0.05) is 38.8 Å². The van der Waals surface area contributed by atoms with E-state index in [1.54, 1.807) is 0 Å². The maximum absolute atomic E-state index is 9.31. The highest BCUT2D eigenvalue weighted by Gasteiger charge is 2.30. The highest BCUT2D eigenvalue weighted by molar-refractivity contribution is 14.0. The molecule has 0 amide bonds. The zero-order valence-electron chi connectivity index (χ0n) is 16.4. The monoisotopic (exact) mass is 466 g/mol. The molecule has 2 rings (SSSR count). The fourth-order valence-corrected chi connectivity index (χ4v) is 4.11. The van der Waals surface area contributed by atoms with Crippen LogP contribution in [0.3, 0.4) is 0 Å². The predicted octanol–water partition coefficient (Wildman–Crippen LogP) is 2.78. The van der Waals surface area contributed by atoms with E-state index in [2.05, 4.69) is 35.9 Å². The molecule has 0 saturated carbocycles. The van der Waals surface area contributed by atoms with Crippen LogP contribution in [-0.4, -0.2) is 72.8 Å². The predicted molar refractivity (Wildman–Crippen MR) is 117 cm³/mol. The van der Waals surface area contributed by atoms with Gasteiger partial charge in [0.25, 0.3) is 0 Å². The van der Waals surface area contributed by atoms with Gasteiger partial charge in [0.1, 0.15) is 0 Å². The summed E-state index contributed by atoms with van der Waals surface area (Å²) in [6.07, 6.45) is 5.99. The minimum absolute atomic E-state index is 0. The second kappa shape index (κ2) is 12.3. The first kappa shape index (κ1) is 23.0. The normalized spacial score (nSPS) is 23.2. The van der Waals surface area contributed by atoms with Gasteiger partial charge in [-0.15, -0.1) is 24.0 Å². The first-order valence-corrected chi connectivity index (χ1v) is 10.0. The molecule has 0 spiro atoms. The first-order valence-electron chi connectivity index (χ1n) is 10.0. The van der Waals surface area contributed by atoms with E-state index < -0.39 is 0 Å². The van der Waals surface area contributed by atoms with E-state index in [1.807, 2.05) is 0 Å². The van der Waals surface area contributed by atoms with Crippen molar-refractivity contribution in [2.45, 2.75) is 58.9 Å². The molecule has 6 heteroatoms. The number of halogens is 1. The summed E-state index contributed by atoms with van der Waals surface area (Å²) in [7, 11) is 0. The number of hydrogen-bond acceptors (Lipinski definition) is 3. The summed E-state index contributed by atoms with van der Waals surface area (Å²) in [6.45, 7) is 13.4. The van der Waals surface area contributed by atoms with Gasteiger partial charge in [-0.05, 0) is 64.0 Å². The molecule has 25 heavy (non-hydrogen) atoms. The van der Waals surface area contributed by atoms with Crippen molar-refractivity contribution >= 4 is 29.9 Å². The second-order valence-electron chi connectivity index (χ2n) is 7.83. The van der Waals surface area contributed by atoms with Gasteiger partial charge in [-0.2, -0.15) is 0 Å². The zero-order chi connectivity index (χ0) is 17.4. The molecule has 2 fully saturated rings. The van der Waals surface area contributed by atoms with Crippen LogP contribution in [0.1, 0.15) is 52.9 Å². The lowest BCUT2D eigenvalue weighted by atomic mass is 9.94. The first-order chi connectivity index (χ1) is 11.6. The van der Waals surface area contributed by atoms with Gasteiger partial charge < -0.3 is 15.3 Å². The Morgan fingerprint density at radius 3 is 2.56 bits per heavy atom. The summed E-state index contributed by atoms with van der Waals surface area (Å²) in [5.41, 5.74) is 0. The van der Waals surface area contributed by atoms with E-state index in [4.69, 9.17) is 4.99 Å². The number of nitrogens with one attached hydrogen (secondary N) is 1. The highest BCUT2D eigenvalue weighted by Crippen LogP contribution is 2.21. The Labute approximate surface area is 171 Å². The average molecular weight is 466 g/mol. The Kier molecular flexibility index (Phi) is 11.3. The molecular weight excluding hydrogens is 427 g/mol. The minimum Gasteiger partial charge on any atom is -0.396 e. The summed E-state index contributed by atoms with van der Waals surface area (Å²) in [5, 5.41) is 12.8. The quantitative estimate of drug-likeness (QED) is 0.328. The number of nitrogens with zero attached hydrogens (tertiary/aromatic N) is 3. The van der Waals surface area contributed by atoms with Crippen LogP contribution in [0.5, 0.6) is 0 Å². The molecule has 2 saturated heterocycles. The lowest BCUT2D eigenvalue weighted by Gasteiger charge is -2.26. The number of guanidine groups is 1. The summed E-state index contributed by atoms with van der Waals surface area (Å²) >= 11 is 0. The van der Waals surface area contributed by atoms with Gasteiger partial charge in [-0.3, -0.25) is 9.89 Å². The van der Waals surface area contributed by atoms with Gasteiger partial charge in [0.2, 0.25) is 0 Å². The molecule has 0 aromatic rings. The van der Waals surface area contributed by atoms with Crippen molar-refractivity contribution in [2.24, 2.45) is 16.8 Å². The van der Waals surface area contributed by atoms with Crippen molar-refractivity contribution in [1.82, 2.24) is 15.1 Å². The molecule has 148 valence electrons. The lowest BCUT2D eigenvalue weighted by molar-refractivity contribution is 0.244. The number of aliphatic imine (C=N–C) groups is 1. The van der Waals surface area contributed by atoms with E-state index in [1.165, 1.54) is 32.4 Å². The van der Waals surface area contributed by atoms with Crippen LogP contribution < -0.4 is 5.32 Å². The average Bonchev–Trinajstić information content (AvgIpc) is 3.21. The lowest BCUT2D eigenvalue weighted by Crippen LogP contribution is -2.43. The Balaban J connectivity index is 0.00000312. The summed E-state index contributed by atoms with van der Waals surface area (Å²) in [5.74, 6) is 2.22. The minimum atomic E-state index is 0. The molecule has 0 bridgehead atoms. The maximum atomic E-state index is 9.31. The van der Waals surface area contributed by atoms with Crippen LogP contribution in [-0.2, 0) is 0 Å². The standard InChI is InChI=1S/C19H38N4O.HI/c1-4-20-19(21-14-17(8-12-24)13-16(2)3)23-11-7-18(15-23)22-9-5-6-10-22;/h16-18,24H,4-15H2,1-3H3,(H,20,21);1H. The van der Waals surface area contributed by atoms with Gasteiger partial charge in [0.05, 0.1) is 0 Å². The summed E-state index contributed by atoms with van der Waals surface area (Å²) < 4.78 is 0. The number of rotatable bonds is 8. The molecule has 2 atom stereocenters. The summed E-state index contributed by atoms with van der Waals surface area (Å²) in [4.78, 5) is 10.0. The number of likely N-dealkylation sites (tertiary alicyclic amines) is 2. The van der Waals surface area contributed by atoms with Crippen molar-refractivity contribution in [3.05, 3.63) is 0 Å². The number of aliphatic hydroxyl groups excluding tert-OH is 1. The molecule has 5 nitrogen and oxygen atoms in total. The molecule has 2 heterocycles. The van der Waals surface area contributed by atoms with Gasteiger partial charge in [-0.25, -0.2) is 0 Å². The van der Waals surface area contributed by atoms with Gasteiger partial charge in [-0.1, -0.05) is 13.8 Å². The zero-order valence-corrected chi connectivity index (χ0v) is 18.7. The largest absolute Gasteiger partial charge is 0.396 e. The van der Waals surface area contributed by atoms with Crippen molar-refractivity contribution in [3.8, 4) is 0 Å². The van der Waals surface area contributed by atoms with Crippen LogP contribution in [0.15, 0.2) is 4.99 Å². The smallest absolute Gasteiger partial charge is 0.193 e. The molecule has 2 N–H and O–H groups in total. The Bertz CT molecular complexity index is 386. The Morgan fingerprint density at radius 1 is 1.24 bits per heavy atom. The van der Waals surface area contributed by atoms with Crippen molar-refractivity contribution < 1.29 is 5.11 Å². The van der Waals surface area contributed by atoms with E-state index in [9.17, 15) is 5.11 Å². The third-order valence-electron chi connectivity index (χ3n) is 5.30. The molecule has 2 unspecified atom stereocenters. The molecule has 0 aromatic carbocycles. The second-order valence-corrected chi connectivity index (χ2v) is 7.83. The van der Waals surface area contributed by atoms with E-state index in [0.29, 0.717) is 17.9 Å². The third-order valence-corrected chi connectivity index (χ3v) is 5.30. The number of hydrogen-bond donors (Lipinski definition) is 2. The Hall–Kier alpha value is -0.0800. The van der Waals surface area contributed by atoms with E-state index >= 15 is 0 Å².